The summed E-state index contributed by atoms with van der Waals surface area (Å²) < 4.78 is 5.09. The number of nitrogens with zero attached hydrogens (tertiary/aromatic N) is 3. The molecule has 1 atom stereocenters. The molecule has 6 nitrogen and oxygen atoms in total. The summed E-state index contributed by atoms with van der Waals surface area (Å²) in [5.41, 5.74) is 0.352. The molecule has 130 valence electrons. The molecule has 1 amide bonds. The number of piperazine rings is 1. The zero-order valence-electron chi connectivity index (χ0n) is 14.5. The highest BCUT2D eigenvalue weighted by molar-refractivity contribution is 5.78. The Kier molecular flexibility index (Phi) is 4.80. The molecular formula is C17H30N4O2. The molecule has 0 unspecified atom stereocenters. The van der Waals surface area contributed by atoms with E-state index in [9.17, 15) is 4.79 Å². The molecule has 0 aromatic rings. The summed E-state index contributed by atoms with van der Waals surface area (Å²) in [5.74, 6) is 0.775. The van der Waals surface area contributed by atoms with Crippen LogP contribution in [0.1, 0.15) is 39.5 Å². The summed E-state index contributed by atoms with van der Waals surface area (Å²) in [7, 11) is 0. The van der Waals surface area contributed by atoms with E-state index in [1.807, 2.05) is 11.8 Å². The first-order chi connectivity index (χ1) is 11.1. The lowest BCUT2D eigenvalue weighted by Crippen LogP contribution is -2.58. The predicted molar refractivity (Wildman–Crippen MR) is 89.8 cm³/mol. The summed E-state index contributed by atoms with van der Waals surface area (Å²) in [4.78, 5) is 18.4. The molecule has 0 aromatic carbocycles. The van der Waals surface area contributed by atoms with Gasteiger partial charge >= 0.3 is 6.09 Å². The molecule has 1 spiro atoms. The first-order valence-electron chi connectivity index (χ1n) is 9.05. The molecule has 1 aliphatic carbocycles. The zero-order valence-corrected chi connectivity index (χ0v) is 14.5. The van der Waals surface area contributed by atoms with Crippen molar-refractivity contribution < 1.29 is 9.53 Å². The average molecular weight is 322 g/mol. The first-order valence-corrected chi connectivity index (χ1v) is 9.05. The van der Waals surface area contributed by atoms with Crippen LogP contribution in [-0.4, -0.2) is 78.5 Å². The average Bonchev–Trinajstić information content (AvgIpc) is 2.98. The predicted octanol–water partition coefficient (Wildman–Crippen LogP) is 2.00. The molecule has 2 saturated heterocycles. The highest BCUT2D eigenvalue weighted by Gasteiger charge is 2.51. The Morgan fingerprint density at radius 1 is 1.17 bits per heavy atom. The van der Waals surface area contributed by atoms with Crippen molar-refractivity contribution in [3.05, 3.63) is 0 Å². The van der Waals surface area contributed by atoms with Crippen LogP contribution in [0, 0.1) is 10.8 Å². The van der Waals surface area contributed by atoms with Crippen LogP contribution in [0.2, 0.25) is 0 Å². The fraction of sp³-hybridized carbons (Fsp3) is 0.882. The molecular weight excluding hydrogens is 292 g/mol. The number of nitrogens with one attached hydrogen (secondary N) is 1. The minimum absolute atomic E-state index is 0.145. The van der Waals surface area contributed by atoms with Gasteiger partial charge in [0.2, 0.25) is 0 Å². The van der Waals surface area contributed by atoms with E-state index < -0.39 is 0 Å². The van der Waals surface area contributed by atoms with E-state index in [1.165, 1.54) is 19.3 Å². The van der Waals surface area contributed by atoms with Crippen molar-refractivity contribution in [2.24, 2.45) is 5.41 Å². The SMILES string of the molecule is CCOC(=O)N1CC2(CC[C@@H](N3CCN(C(=N)CC)CC3)C2)C1. The third-order valence-electron chi connectivity index (χ3n) is 5.80. The lowest BCUT2D eigenvalue weighted by atomic mass is 9.78. The number of rotatable bonds is 3. The van der Waals surface area contributed by atoms with Gasteiger partial charge in [0.25, 0.3) is 0 Å². The van der Waals surface area contributed by atoms with Crippen LogP contribution in [0.4, 0.5) is 4.79 Å². The number of amidine groups is 1. The maximum absolute atomic E-state index is 11.7. The summed E-state index contributed by atoms with van der Waals surface area (Å²) in [6, 6.07) is 0.664. The Hall–Kier alpha value is -1.30. The second kappa shape index (κ2) is 6.67. The summed E-state index contributed by atoms with van der Waals surface area (Å²) in [6.07, 6.45) is 4.39. The van der Waals surface area contributed by atoms with Gasteiger partial charge in [0.05, 0.1) is 12.4 Å². The van der Waals surface area contributed by atoms with E-state index in [2.05, 4.69) is 16.7 Å². The number of hydrogen-bond donors (Lipinski definition) is 1. The summed E-state index contributed by atoms with van der Waals surface area (Å²) in [6.45, 7) is 10.3. The second-order valence-corrected chi connectivity index (χ2v) is 7.27. The van der Waals surface area contributed by atoms with Crippen molar-refractivity contribution in [3.8, 4) is 0 Å². The highest BCUT2D eigenvalue weighted by Crippen LogP contribution is 2.47. The van der Waals surface area contributed by atoms with Crippen molar-refractivity contribution in [2.75, 3.05) is 45.9 Å². The van der Waals surface area contributed by atoms with Crippen molar-refractivity contribution in [3.63, 3.8) is 0 Å². The number of amides is 1. The van der Waals surface area contributed by atoms with Crippen molar-refractivity contribution in [1.82, 2.24) is 14.7 Å². The molecule has 6 heteroatoms. The molecule has 23 heavy (non-hydrogen) atoms. The fourth-order valence-electron chi connectivity index (χ4n) is 4.46. The quantitative estimate of drug-likeness (QED) is 0.638. The van der Waals surface area contributed by atoms with Crippen LogP contribution in [0.25, 0.3) is 0 Å². The van der Waals surface area contributed by atoms with Crippen LogP contribution in [0.5, 0.6) is 0 Å². The van der Waals surface area contributed by atoms with Crippen molar-refractivity contribution in [2.45, 2.75) is 45.6 Å². The Morgan fingerprint density at radius 3 is 2.48 bits per heavy atom. The van der Waals surface area contributed by atoms with Gasteiger partial charge in [-0.2, -0.15) is 0 Å². The van der Waals surface area contributed by atoms with Crippen molar-refractivity contribution >= 4 is 11.9 Å². The second-order valence-electron chi connectivity index (χ2n) is 7.27. The molecule has 0 aromatic heterocycles. The third kappa shape index (κ3) is 3.32. The Morgan fingerprint density at radius 2 is 1.87 bits per heavy atom. The number of likely N-dealkylation sites (tertiary alicyclic amines) is 1. The van der Waals surface area contributed by atoms with Gasteiger partial charge in [0, 0.05) is 57.1 Å². The van der Waals surface area contributed by atoms with Crippen LogP contribution in [0.3, 0.4) is 0 Å². The van der Waals surface area contributed by atoms with Gasteiger partial charge in [0.1, 0.15) is 0 Å². The monoisotopic (exact) mass is 322 g/mol. The highest BCUT2D eigenvalue weighted by atomic mass is 16.6. The summed E-state index contributed by atoms with van der Waals surface area (Å²) in [5, 5.41) is 7.96. The standard InChI is InChI=1S/C17H30N4O2/c1-3-15(18)20-9-7-19(8-10-20)14-5-6-17(11-14)12-21(13-17)16(22)23-4-2/h14,18H,3-13H2,1-2H3/t14-/m1/s1. The van der Waals surface area contributed by atoms with E-state index in [-0.39, 0.29) is 6.09 Å². The topological polar surface area (TPSA) is 59.9 Å². The molecule has 2 aliphatic heterocycles. The molecule has 3 fully saturated rings. The van der Waals surface area contributed by atoms with Crippen LogP contribution < -0.4 is 0 Å². The lowest BCUT2D eigenvalue weighted by Gasteiger charge is -2.48. The minimum Gasteiger partial charge on any atom is -0.450 e. The van der Waals surface area contributed by atoms with Gasteiger partial charge < -0.3 is 14.5 Å². The van der Waals surface area contributed by atoms with Crippen molar-refractivity contribution in [1.29, 1.82) is 5.41 Å². The minimum atomic E-state index is -0.145. The van der Waals surface area contributed by atoms with Gasteiger partial charge in [-0.15, -0.1) is 0 Å². The summed E-state index contributed by atoms with van der Waals surface area (Å²) >= 11 is 0. The molecule has 0 radical (unpaired) electrons. The van der Waals surface area contributed by atoms with E-state index in [4.69, 9.17) is 10.1 Å². The maximum Gasteiger partial charge on any atom is 0.409 e. The van der Waals surface area contributed by atoms with E-state index >= 15 is 0 Å². The van der Waals surface area contributed by atoms with Crippen LogP contribution >= 0.6 is 0 Å². The van der Waals surface area contributed by atoms with E-state index in [1.54, 1.807) is 0 Å². The number of carbonyl (C=O) groups excluding carboxylic acids is 1. The largest absolute Gasteiger partial charge is 0.450 e. The maximum atomic E-state index is 11.7. The molecule has 1 saturated carbocycles. The lowest BCUT2D eigenvalue weighted by molar-refractivity contribution is -0.00393. The number of carbonyl (C=O) groups is 1. The van der Waals surface area contributed by atoms with Gasteiger partial charge in [-0.05, 0) is 26.2 Å². The third-order valence-corrected chi connectivity index (χ3v) is 5.80. The Balaban J connectivity index is 1.45. The fourth-order valence-corrected chi connectivity index (χ4v) is 4.46. The zero-order chi connectivity index (χ0) is 16.4. The molecule has 3 aliphatic rings. The smallest absolute Gasteiger partial charge is 0.409 e. The Bertz CT molecular complexity index is 454. The Labute approximate surface area is 139 Å². The van der Waals surface area contributed by atoms with Crippen LogP contribution in [0.15, 0.2) is 0 Å². The number of hydrogen-bond acceptors (Lipinski definition) is 4. The van der Waals surface area contributed by atoms with E-state index in [0.717, 1.165) is 51.5 Å². The van der Waals surface area contributed by atoms with Gasteiger partial charge in [0.15, 0.2) is 0 Å². The first kappa shape index (κ1) is 16.6. The van der Waals surface area contributed by atoms with Gasteiger partial charge in [-0.3, -0.25) is 10.3 Å². The molecule has 0 bridgehead atoms. The molecule has 1 N–H and O–H groups in total. The molecule has 2 heterocycles. The van der Waals surface area contributed by atoms with E-state index in [0.29, 0.717) is 18.1 Å². The molecule has 3 rings (SSSR count). The normalized spacial score (nSPS) is 27.1. The number of ether oxygens (including phenoxy) is 1. The van der Waals surface area contributed by atoms with Gasteiger partial charge in [-0.25, -0.2) is 4.79 Å². The van der Waals surface area contributed by atoms with Crippen LogP contribution in [-0.2, 0) is 4.74 Å². The van der Waals surface area contributed by atoms with Gasteiger partial charge in [-0.1, -0.05) is 6.92 Å².